The monoisotopic (exact) mass is 1540 g/mol. The molecule has 562 valence electrons. The van der Waals surface area contributed by atoms with Crippen LogP contribution in [-0.2, 0) is 46.4 Å². The van der Waals surface area contributed by atoms with Gasteiger partial charge in [0.25, 0.3) is 0 Å². The molecule has 3 aliphatic rings. The summed E-state index contributed by atoms with van der Waals surface area (Å²) < 4.78 is 41.1. The van der Waals surface area contributed by atoms with Gasteiger partial charge in [0.05, 0.1) is 13.1 Å². The number of nitriles is 9. The van der Waals surface area contributed by atoms with Gasteiger partial charge in [-0.1, -0.05) is 72.9 Å². The molecular weight excluding hydrogens is 1470 g/mol. The second kappa shape index (κ2) is 38.0. The van der Waals surface area contributed by atoms with E-state index < -0.39 is 29.1 Å². The lowest BCUT2D eigenvalue weighted by Crippen LogP contribution is -2.32. The van der Waals surface area contributed by atoms with E-state index in [2.05, 4.69) is 80.0 Å². The highest BCUT2D eigenvalue weighted by Gasteiger charge is 2.41. The molecule has 0 unspecified atom stereocenters. The maximum absolute atomic E-state index is 13.7. The first-order valence-electron chi connectivity index (χ1n) is 35.7. The second-order valence-electron chi connectivity index (χ2n) is 26.5. The maximum atomic E-state index is 13.7. The van der Waals surface area contributed by atoms with Gasteiger partial charge in [-0.05, 0) is 183 Å². The highest BCUT2D eigenvalue weighted by atomic mass is 32.1. The first-order chi connectivity index (χ1) is 53.9. The van der Waals surface area contributed by atoms with Gasteiger partial charge in [0, 0.05) is 100 Å². The Kier molecular flexibility index (Phi) is 27.9. The molecule has 0 amide bonds. The van der Waals surface area contributed by atoms with Crippen LogP contribution >= 0.6 is 34.0 Å². The number of hydrogen-bond acceptors (Lipinski definition) is 24. The fourth-order valence-electron chi connectivity index (χ4n) is 12.4. The van der Waals surface area contributed by atoms with Crippen molar-refractivity contribution in [2.45, 2.75) is 99.3 Å². The third-order valence-corrected chi connectivity index (χ3v) is 21.5. The average Bonchev–Trinajstić information content (AvgIpc) is 1.64. The Hall–Kier alpha value is -13.6. The van der Waals surface area contributed by atoms with Crippen molar-refractivity contribution in [3.8, 4) is 54.6 Å². The molecule has 3 aromatic heterocycles. The van der Waals surface area contributed by atoms with E-state index in [4.69, 9.17) is 33.2 Å². The molecule has 21 nitrogen and oxygen atoms in total. The zero-order chi connectivity index (χ0) is 80.7. The van der Waals surface area contributed by atoms with Crippen LogP contribution in [0.25, 0.3) is 54.7 Å². The molecule has 0 saturated heterocycles. The highest BCUT2D eigenvalue weighted by molar-refractivity contribution is 7.14. The molecular formula is C88H78N12O9S3. The lowest BCUT2D eigenvalue weighted by Gasteiger charge is -2.24. The van der Waals surface area contributed by atoms with Crippen molar-refractivity contribution in [1.82, 2.24) is 0 Å². The molecule has 3 aromatic carbocycles. The molecule has 24 heteroatoms. The summed E-state index contributed by atoms with van der Waals surface area (Å²) in [6.07, 6.45) is 20.4. The zero-order valence-electron chi connectivity index (χ0n) is 63.5. The van der Waals surface area contributed by atoms with Gasteiger partial charge in [-0.15, -0.1) is 34.0 Å². The van der Waals surface area contributed by atoms with Crippen molar-refractivity contribution in [3.63, 3.8) is 0 Å². The highest BCUT2D eigenvalue weighted by Crippen LogP contribution is 2.44. The third kappa shape index (κ3) is 20.2. The number of allylic oxidation sites excluding steroid dienone is 6. The fraction of sp³-hybridized carbons (Fsp3) is 0.261. The first kappa shape index (κ1) is 82.4. The van der Waals surface area contributed by atoms with Crippen molar-refractivity contribution in [2.24, 2.45) is 0 Å². The Morgan fingerprint density at radius 3 is 0.973 bits per heavy atom. The van der Waals surface area contributed by atoms with Crippen LogP contribution in [0.2, 0.25) is 0 Å². The lowest BCUT2D eigenvalue weighted by atomic mass is 9.94. The third-order valence-electron chi connectivity index (χ3n) is 18.3. The molecule has 0 saturated carbocycles. The molecule has 0 radical (unpaired) electrons. The second-order valence-corrected chi connectivity index (χ2v) is 29.9. The largest absolute Gasteiger partial charge is 0.508 e. The molecule has 3 aliphatic heterocycles. The minimum absolute atomic E-state index is 0.0384. The van der Waals surface area contributed by atoms with Crippen molar-refractivity contribution in [1.29, 1.82) is 47.4 Å². The van der Waals surface area contributed by atoms with Crippen LogP contribution in [0.1, 0.15) is 126 Å². The van der Waals surface area contributed by atoms with Gasteiger partial charge < -0.3 is 47.9 Å². The van der Waals surface area contributed by atoms with Crippen LogP contribution in [-0.4, -0.2) is 81.6 Å². The van der Waals surface area contributed by atoms with Gasteiger partial charge in [0.2, 0.25) is 0 Å². The molecule has 0 spiro atoms. The van der Waals surface area contributed by atoms with E-state index in [1.165, 1.54) is 34.0 Å². The van der Waals surface area contributed by atoms with Crippen molar-refractivity contribution in [3.05, 3.63) is 240 Å². The quantitative estimate of drug-likeness (QED) is 0.0311. The van der Waals surface area contributed by atoms with E-state index in [1.54, 1.807) is 71.9 Å². The van der Waals surface area contributed by atoms with Gasteiger partial charge in [-0.25, -0.2) is 9.59 Å². The number of anilines is 3. The fourth-order valence-corrected chi connectivity index (χ4v) is 15.2. The number of thiophene rings is 3. The topological polar surface area (TPSA) is 323 Å². The summed E-state index contributed by atoms with van der Waals surface area (Å²) >= 11 is 4.32. The van der Waals surface area contributed by atoms with E-state index in [0.29, 0.717) is 43.3 Å². The summed E-state index contributed by atoms with van der Waals surface area (Å²) in [4.78, 5) is 38.6. The molecule has 6 aromatic rings. The van der Waals surface area contributed by atoms with E-state index in [9.17, 15) is 56.9 Å². The average molecular weight is 1540 g/mol. The number of ether oxygens (including phenoxy) is 7. The maximum Gasteiger partial charge on any atom is 0.508 e. The predicted molar refractivity (Wildman–Crippen MR) is 436 cm³/mol. The van der Waals surface area contributed by atoms with Crippen molar-refractivity contribution in [2.75, 3.05) is 67.2 Å². The van der Waals surface area contributed by atoms with Crippen LogP contribution in [0.5, 0.6) is 0 Å². The van der Waals surface area contributed by atoms with E-state index in [0.717, 1.165) is 73.8 Å². The smallest absolute Gasteiger partial charge is 0.480 e. The normalized spacial score (nSPS) is 14.6. The summed E-state index contributed by atoms with van der Waals surface area (Å²) in [7, 11) is 0. The first-order valence-corrected chi connectivity index (χ1v) is 38.1. The minimum Gasteiger partial charge on any atom is -0.480 e. The molecule has 0 aliphatic carbocycles. The summed E-state index contributed by atoms with van der Waals surface area (Å²) in [5.41, 5.74) is 4.49. The van der Waals surface area contributed by atoms with Crippen LogP contribution in [0, 0.1) is 102 Å². The Morgan fingerprint density at radius 2 is 0.670 bits per heavy atom. The Morgan fingerprint density at radius 1 is 0.375 bits per heavy atom. The lowest BCUT2D eigenvalue weighted by molar-refractivity contribution is 0.0491. The molecule has 0 atom stereocenters. The summed E-state index contributed by atoms with van der Waals surface area (Å²) in [6, 6.07) is 48.9. The number of hydrogen-bond donors (Lipinski definition) is 0. The summed E-state index contributed by atoms with van der Waals surface area (Å²) in [6.45, 7) is 21.8. The van der Waals surface area contributed by atoms with E-state index in [-0.39, 0.29) is 90.2 Å². The molecule has 0 N–H and O–H groups in total. The molecule has 6 heterocycles. The van der Waals surface area contributed by atoms with Crippen LogP contribution in [0.4, 0.5) is 26.7 Å². The Balaban J connectivity index is 0.937. The van der Waals surface area contributed by atoms with Gasteiger partial charge in [-0.2, -0.15) is 47.4 Å². The van der Waals surface area contributed by atoms with Crippen molar-refractivity contribution >= 4 is 118 Å². The SMILES string of the molecule is CCN(CC)c1ccc(/C=C/c2cc(COC(=O)OCCN(CCOC(=O)OCc3cc(/C=C/c4ccc(N(CC)CC)cc4)sc3/C=C/C3=C(C#N)C(=C(C#N)C#N)OC3(C)C)c3ccc(/C=C/c4ccc(/C=C/C5=C(C#N)C(=C(C#N)C#N)OC5(C)C)s4)cc3)c(/C=C/C3=C(C#N)C(=C(C#N)C#N)OC3(C)C)s2)cc1. The number of rotatable bonds is 29. The Bertz CT molecular complexity index is 5120. The van der Waals surface area contributed by atoms with E-state index in [1.807, 2.05) is 157 Å². The molecule has 9 rings (SSSR count). The standard InChI is InChI=1S/C88H78N12O9S3/c1-11-98(12-2)66-24-15-59(16-25-66)22-31-71-45-61(79(111-71)39-37-77-74(54-96)82(64(49-91)50-92)108-87(77,7)8)56-105-84(101)103-43-41-100(68-28-19-58(20-29-68)21-30-69-33-34-70(110-69)35-36-76-73(53-95)81(63(47-89)48-90)107-86(76,5)6)42-44-104-85(102)106-57-62-46-72(32-23-60-17-26-67(27-18-60)99(13-3)14-4)112-80(62)40-38-78-75(55-97)83(65(51-93)52-94)109-88(78,9)10/h15-40,45-46H,11-14,41-44,56-57H2,1-10H3/b30-21+,31-22+,32-23+,36-35+,39-37+,40-38+. The van der Waals surface area contributed by atoms with Crippen LogP contribution in [0.3, 0.4) is 0 Å². The summed E-state index contributed by atoms with van der Waals surface area (Å²) in [5, 5.41) is 88.5. The zero-order valence-corrected chi connectivity index (χ0v) is 66.0. The van der Waals surface area contributed by atoms with E-state index >= 15 is 0 Å². The molecule has 112 heavy (non-hydrogen) atoms. The minimum atomic E-state index is -1.08. The summed E-state index contributed by atoms with van der Waals surface area (Å²) in [5.74, 6) is -0.234. The molecule has 0 fully saturated rings. The molecule has 0 bridgehead atoms. The van der Waals surface area contributed by atoms with Crippen LogP contribution in [0.15, 0.2) is 183 Å². The number of nitrogens with zero attached hydrogens (tertiary/aromatic N) is 12. The van der Waals surface area contributed by atoms with Gasteiger partial charge in [0.15, 0.2) is 34.0 Å². The number of benzene rings is 3. The number of carbonyl (C=O) groups is 2. The van der Waals surface area contributed by atoms with Crippen LogP contribution < -0.4 is 14.7 Å². The van der Waals surface area contributed by atoms with Crippen molar-refractivity contribution < 1.29 is 42.7 Å². The van der Waals surface area contributed by atoms with Gasteiger partial charge in [-0.3, -0.25) is 0 Å². The Labute approximate surface area is 664 Å². The van der Waals surface area contributed by atoms with Gasteiger partial charge in [0.1, 0.15) is 115 Å². The van der Waals surface area contributed by atoms with Gasteiger partial charge >= 0.3 is 12.3 Å². The predicted octanol–water partition coefficient (Wildman–Crippen LogP) is 19.4. The number of carbonyl (C=O) groups excluding carboxylic acids is 2.